The predicted molar refractivity (Wildman–Crippen MR) is 114 cm³/mol. The van der Waals surface area contributed by atoms with Gasteiger partial charge in [-0.15, -0.1) is 5.10 Å². The van der Waals surface area contributed by atoms with Gasteiger partial charge in [0.05, 0.1) is 38.0 Å². The van der Waals surface area contributed by atoms with Crippen LogP contribution in [0.2, 0.25) is 0 Å². The summed E-state index contributed by atoms with van der Waals surface area (Å²) in [7, 11) is 3.14. The van der Waals surface area contributed by atoms with Crippen molar-refractivity contribution >= 4 is 0 Å². The molecule has 0 aliphatic carbocycles. The highest BCUT2D eigenvalue weighted by Gasteiger charge is 2.36. The minimum Gasteiger partial charge on any atom is -0.494 e. The number of fused-ring (bicyclic) bond motifs is 1. The topological polar surface area (TPSA) is 115 Å². The molecular formula is C23H22N4O4. The monoisotopic (exact) mass is 418 g/mol. The Morgan fingerprint density at radius 2 is 1.97 bits per heavy atom. The maximum Gasteiger partial charge on any atom is 0.244 e. The van der Waals surface area contributed by atoms with Gasteiger partial charge in [-0.1, -0.05) is 18.2 Å². The Bertz CT molecular complexity index is 1190. The standard InChI is InChI=1S/C23H22N4O4/c1-4-30-15-7-5-6-14(10-15)21-20-19(13-8-9-17(28-2)18(11-13)29-3)16(12-24)22(25)31-23(20)27-26-21/h5-11,19H,4,25H2,1-3H3,(H,26,27). The van der Waals surface area contributed by atoms with Crippen molar-refractivity contribution in [3.05, 3.63) is 65.0 Å². The van der Waals surface area contributed by atoms with Gasteiger partial charge >= 0.3 is 0 Å². The van der Waals surface area contributed by atoms with E-state index in [0.29, 0.717) is 35.1 Å². The van der Waals surface area contributed by atoms with Crippen molar-refractivity contribution in [2.24, 2.45) is 5.73 Å². The number of hydrogen-bond donors (Lipinski definition) is 2. The number of ether oxygens (including phenoxy) is 4. The maximum absolute atomic E-state index is 9.88. The number of rotatable bonds is 6. The fourth-order valence-corrected chi connectivity index (χ4v) is 3.74. The fourth-order valence-electron chi connectivity index (χ4n) is 3.74. The zero-order valence-corrected chi connectivity index (χ0v) is 17.4. The molecule has 0 fully saturated rings. The SMILES string of the molecule is CCOc1cccc(-c2[nH]nc3c2C(c2ccc(OC)c(OC)c2)C(C#N)=C(N)O3)c1. The predicted octanol–water partition coefficient (Wildman–Crippen LogP) is 3.71. The minimum absolute atomic E-state index is 0.0240. The van der Waals surface area contributed by atoms with Gasteiger partial charge in [0.2, 0.25) is 11.8 Å². The van der Waals surface area contributed by atoms with Crippen molar-refractivity contribution in [3.63, 3.8) is 0 Å². The molecule has 1 aromatic heterocycles. The molecule has 0 radical (unpaired) electrons. The summed E-state index contributed by atoms with van der Waals surface area (Å²) >= 11 is 0. The van der Waals surface area contributed by atoms with Crippen LogP contribution in [0.3, 0.4) is 0 Å². The lowest BCUT2D eigenvalue weighted by atomic mass is 9.83. The van der Waals surface area contributed by atoms with Crippen LogP contribution in [-0.2, 0) is 0 Å². The smallest absolute Gasteiger partial charge is 0.244 e. The molecule has 0 bridgehead atoms. The first-order chi connectivity index (χ1) is 15.1. The molecule has 1 aliphatic heterocycles. The van der Waals surface area contributed by atoms with Crippen LogP contribution in [0, 0.1) is 11.3 Å². The van der Waals surface area contributed by atoms with Crippen LogP contribution < -0.4 is 24.7 Å². The van der Waals surface area contributed by atoms with E-state index in [-0.39, 0.29) is 5.88 Å². The number of nitrogens with zero attached hydrogens (tertiary/aromatic N) is 2. The number of allylic oxidation sites excluding steroid dienone is 1. The Hall–Kier alpha value is -4.12. The molecule has 1 atom stereocenters. The zero-order valence-electron chi connectivity index (χ0n) is 17.4. The van der Waals surface area contributed by atoms with E-state index in [2.05, 4.69) is 16.3 Å². The average molecular weight is 418 g/mol. The number of nitriles is 1. The highest BCUT2D eigenvalue weighted by atomic mass is 16.5. The van der Waals surface area contributed by atoms with Crippen molar-refractivity contribution < 1.29 is 18.9 Å². The van der Waals surface area contributed by atoms with Crippen molar-refractivity contribution in [2.45, 2.75) is 12.8 Å². The van der Waals surface area contributed by atoms with Crippen LogP contribution in [0.5, 0.6) is 23.1 Å². The van der Waals surface area contributed by atoms with Gasteiger partial charge in [-0.05, 0) is 36.8 Å². The molecule has 1 aliphatic rings. The van der Waals surface area contributed by atoms with Gasteiger partial charge in [-0.25, -0.2) is 0 Å². The summed E-state index contributed by atoms with van der Waals surface area (Å²) in [5, 5.41) is 17.2. The number of hydrogen-bond acceptors (Lipinski definition) is 7. The van der Waals surface area contributed by atoms with E-state index in [9.17, 15) is 5.26 Å². The Kier molecular flexibility index (Phi) is 5.41. The number of aromatic amines is 1. The van der Waals surface area contributed by atoms with E-state index in [4.69, 9.17) is 24.7 Å². The molecule has 1 unspecified atom stereocenters. The Balaban J connectivity index is 1.91. The molecule has 4 rings (SSSR count). The van der Waals surface area contributed by atoms with E-state index < -0.39 is 5.92 Å². The van der Waals surface area contributed by atoms with E-state index in [1.807, 2.05) is 43.3 Å². The van der Waals surface area contributed by atoms with E-state index in [1.54, 1.807) is 20.3 Å². The molecule has 0 spiro atoms. The normalized spacial score (nSPS) is 15.0. The number of benzene rings is 2. The van der Waals surface area contributed by atoms with Crippen LogP contribution in [0.1, 0.15) is 24.0 Å². The summed E-state index contributed by atoms with van der Waals surface area (Å²) in [5.74, 6) is 1.72. The molecule has 2 heterocycles. The first-order valence-corrected chi connectivity index (χ1v) is 9.72. The van der Waals surface area contributed by atoms with Crippen LogP contribution in [0.15, 0.2) is 53.9 Å². The molecule has 8 heteroatoms. The second-order valence-electron chi connectivity index (χ2n) is 6.82. The Labute approximate surface area is 179 Å². The second kappa shape index (κ2) is 8.32. The average Bonchev–Trinajstić information content (AvgIpc) is 3.21. The molecule has 8 nitrogen and oxygen atoms in total. The van der Waals surface area contributed by atoms with Crippen molar-refractivity contribution in [2.75, 3.05) is 20.8 Å². The van der Waals surface area contributed by atoms with Gasteiger partial charge in [0.15, 0.2) is 11.5 Å². The molecule has 0 saturated heterocycles. The molecule has 3 aromatic rings. The van der Waals surface area contributed by atoms with Gasteiger partial charge in [0.25, 0.3) is 0 Å². The van der Waals surface area contributed by atoms with E-state index >= 15 is 0 Å². The fraction of sp³-hybridized carbons (Fsp3) is 0.217. The van der Waals surface area contributed by atoms with Crippen molar-refractivity contribution in [1.82, 2.24) is 10.2 Å². The highest BCUT2D eigenvalue weighted by Crippen LogP contribution is 2.47. The summed E-state index contributed by atoms with van der Waals surface area (Å²) in [6.07, 6.45) is 0. The number of nitrogens with one attached hydrogen (secondary N) is 1. The van der Waals surface area contributed by atoms with Crippen molar-refractivity contribution in [3.8, 4) is 40.5 Å². The Morgan fingerprint density at radius 1 is 1.16 bits per heavy atom. The minimum atomic E-state index is -0.502. The van der Waals surface area contributed by atoms with E-state index in [0.717, 1.165) is 22.6 Å². The third-order valence-electron chi connectivity index (χ3n) is 5.11. The van der Waals surface area contributed by atoms with Crippen LogP contribution >= 0.6 is 0 Å². The number of aromatic nitrogens is 2. The van der Waals surface area contributed by atoms with Crippen LogP contribution in [0.4, 0.5) is 0 Å². The Morgan fingerprint density at radius 3 is 2.68 bits per heavy atom. The summed E-state index contributed by atoms with van der Waals surface area (Å²) < 4.78 is 22.1. The summed E-state index contributed by atoms with van der Waals surface area (Å²) in [4.78, 5) is 0. The molecular weight excluding hydrogens is 396 g/mol. The molecule has 2 aromatic carbocycles. The van der Waals surface area contributed by atoms with Gasteiger partial charge in [0.1, 0.15) is 17.4 Å². The maximum atomic E-state index is 9.88. The number of H-pyrrole nitrogens is 1. The largest absolute Gasteiger partial charge is 0.494 e. The molecule has 0 amide bonds. The first kappa shape index (κ1) is 20.2. The quantitative estimate of drug-likeness (QED) is 0.627. The molecule has 0 saturated carbocycles. The van der Waals surface area contributed by atoms with Gasteiger partial charge in [0, 0.05) is 5.56 Å². The number of methoxy groups -OCH3 is 2. The zero-order chi connectivity index (χ0) is 22.0. The van der Waals surface area contributed by atoms with Gasteiger partial charge < -0.3 is 24.7 Å². The van der Waals surface area contributed by atoms with Crippen molar-refractivity contribution in [1.29, 1.82) is 5.26 Å². The van der Waals surface area contributed by atoms with E-state index in [1.165, 1.54) is 0 Å². The lowest BCUT2D eigenvalue weighted by Crippen LogP contribution is -2.21. The molecule has 31 heavy (non-hydrogen) atoms. The number of nitrogens with two attached hydrogens (primary N) is 1. The van der Waals surface area contributed by atoms with Gasteiger partial charge in [-0.3, -0.25) is 5.10 Å². The lowest BCUT2D eigenvalue weighted by Gasteiger charge is -2.24. The highest BCUT2D eigenvalue weighted by molar-refractivity contribution is 5.72. The summed E-state index contributed by atoms with van der Waals surface area (Å²) in [5.41, 5.74) is 9.45. The molecule has 3 N–H and O–H groups in total. The summed E-state index contributed by atoms with van der Waals surface area (Å²) in [6, 6.07) is 15.3. The van der Waals surface area contributed by atoms with Crippen LogP contribution in [-0.4, -0.2) is 31.0 Å². The van der Waals surface area contributed by atoms with Gasteiger partial charge in [-0.2, -0.15) is 5.26 Å². The van der Waals surface area contributed by atoms with Crippen LogP contribution in [0.25, 0.3) is 11.3 Å². The first-order valence-electron chi connectivity index (χ1n) is 9.72. The third kappa shape index (κ3) is 3.51. The second-order valence-corrected chi connectivity index (χ2v) is 6.82. The lowest BCUT2D eigenvalue weighted by molar-refractivity contribution is 0.340. The summed E-state index contributed by atoms with van der Waals surface area (Å²) in [6.45, 7) is 2.48. The third-order valence-corrected chi connectivity index (χ3v) is 5.11. The molecule has 158 valence electrons.